The second kappa shape index (κ2) is 6.53. The molecule has 1 N–H and O–H groups in total. The fraction of sp³-hybridized carbons (Fsp3) is 0.562. The number of fused-ring (bicyclic) bond motifs is 1. The number of rotatable bonds is 4. The molecule has 0 spiro atoms. The number of hydrogen-bond acceptors (Lipinski definition) is 3. The first-order valence-electron chi connectivity index (χ1n) is 7.57. The number of benzene rings is 1. The third kappa shape index (κ3) is 3.86. The molecule has 1 unspecified atom stereocenters. The number of amides is 1. The Morgan fingerprint density at radius 2 is 2.00 bits per heavy atom. The summed E-state index contributed by atoms with van der Waals surface area (Å²) in [6.45, 7) is 13.3. The lowest BCUT2D eigenvalue weighted by molar-refractivity contribution is 0.0105. The zero-order chi connectivity index (χ0) is 17.6. The lowest BCUT2D eigenvalue weighted by atomic mass is 10.1. The van der Waals surface area contributed by atoms with E-state index in [1.54, 1.807) is 6.07 Å². The van der Waals surface area contributed by atoms with Crippen molar-refractivity contribution in [3.8, 4) is 5.75 Å². The first-order chi connectivity index (χ1) is 10.4. The summed E-state index contributed by atoms with van der Waals surface area (Å²) in [6.07, 6.45) is -0.396. The molecule has 1 heterocycles. The van der Waals surface area contributed by atoms with Crippen LogP contribution in [0.5, 0.6) is 5.75 Å². The van der Waals surface area contributed by atoms with Gasteiger partial charge in [-0.05, 0) is 53.7 Å². The zero-order valence-corrected chi connectivity index (χ0v) is 18.3. The van der Waals surface area contributed by atoms with E-state index >= 15 is 0 Å². The molecule has 1 aromatic rings. The molecule has 7 heteroatoms. The topological polar surface area (TPSA) is 47.6 Å². The van der Waals surface area contributed by atoms with Gasteiger partial charge in [0.1, 0.15) is 5.75 Å². The van der Waals surface area contributed by atoms with Gasteiger partial charge in [0.05, 0.1) is 10.6 Å². The minimum Gasteiger partial charge on any atom is -0.465 e. The zero-order valence-electron chi connectivity index (χ0n) is 14.3. The van der Waals surface area contributed by atoms with Gasteiger partial charge in [-0.1, -0.05) is 32.4 Å². The number of carbonyl (C=O) groups excluding carboxylic acids is 1. The van der Waals surface area contributed by atoms with Gasteiger partial charge in [0.2, 0.25) is 0 Å². The maximum absolute atomic E-state index is 11.8. The van der Waals surface area contributed by atoms with Crippen molar-refractivity contribution in [1.29, 1.82) is 0 Å². The standard InChI is InChI=1S/C16H23ClINO3Si/c1-9(22-23(5,6)16(2,3)4)21-12-7-11(18)13-10(14(12)17)8-19-15(13)20/h7,9H,8H2,1-6H3,(H,19,20). The molecule has 0 fully saturated rings. The van der Waals surface area contributed by atoms with Gasteiger partial charge in [0.15, 0.2) is 14.6 Å². The molecular weight excluding hydrogens is 445 g/mol. The monoisotopic (exact) mass is 467 g/mol. The minimum absolute atomic E-state index is 0.0802. The molecule has 0 aromatic heterocycles. The Morgan fingerprint density at radius 3 is 2.57 bits per heavy atom. The number of carbonyl (C=O) groups is 1. The maximum atomic E-state index is 11.8. The van der Waals surface area contributed by atoms with Gasteiger partial charge in [0, 0.05) is 15.7 Å². The molecule has 23 heavy (non-hydrogen) atoms. The summed E-state index contributed by atoms with van der Waals surface area (Å²) in [5.74, 6) is 0.487. The summed E-state index contributed by atoms with van der Waals surface area (Å²) < 4.78 is 13.0. The van der Waals surface area contributed by atoms with Gasteiger partial charge in [0.25, 0.3) is 5.91 Å². The summed E-state index contributed by atoms with van der Waals surface area (Å²) in [5.41, 5.74) is 1.46. The van der Waals surface area contributed by atoms with Crippen LogP contribution < -0.4 is 10.1 Å². The predicted octanol–water partition coefficient (Wildman–Crippen LogP) is 4.93. The molecule has 1 atom stereocenters. The molecule has 0 aliphatic carbocycles. The van der Waals surface area contributed by atoms with Crippen molar-refractivity contribution in [3.05, 3.63) is 25.8 Å². The Balaban J connectivity index is 2.22. The number of ether oxygens (including phenoxy) is 1. The van der Waals surface area contributed by atoms with E-state index in [2.05, 4.69) is 61.8 Å². The molecule has 0 radical (unpaired) electrons. The van der Waals surface area contributed by atoms with Gasteiger partial charge in [-0.15, -0.1) is 0 Å². The molecule has 0 bridgehead atoms. The third-order valence-electron chi connectivity index (χ3n) is 4.49. The van der Waals surface area contributed by atoms with E-state index in [0.717, 1.165) is 9.13 Å². The quantitative estimate of drug-likeness (QED) is 0.388. The van der Waals surface area contributed by atoms with Crippen LogP contribution in [-0.4, -0.2) is 20.5 Å². The Bertz CT molecular complexity index is 643. The lowest BCUT2D eigenvalue weighted by Gasteiger charge is -2.38. The summed E-state index contributed by atoms with van der Waals surface area (Å²) in [7, 11) is -1.92. The predicted molar refractivity (Wildman–Crippen MR) is 104 cm³/mol. The van der Waals surface area contributed by atoms with Crippen molar-refractivity contribution in [2.45, 2.75) is 58.7 Å². The number of hydrogen-bond donors (Lipinski definition) is 1. The van der Waals surface area contributed by atoms with Crippen LogP contribution in [0.25, 0.3) is 0 Å². The minimum atomic E-state index is -1.92. The van der Waals surface area contributed by atoms with Crippen molar-refractivity contribution >= 4 is 48.4 Å². The van der Waals surface area contributed by atoms with E-state index in [0.29, 0.717) is 22.9 Å². The van der Waals surface area contributed by atoms with Crippen LogP contribution in [-0.2, 0) is 11.0 Å². The van der Waals surface area contributed by atoms with E-state index in [1.807, 2.05) is 6.92 Å². The second-order valence-electron chi connectivity index (χ2n) is 7.27. The summed E-state index contributed by atoms with van der Waals surface area (Å²) >= 11 is 8.57. The van der Waals surface area contributed by atoms with E-state index in [1.165, 1.54) is 0 Å². The molecular formula is C16H23ClINO3Si. The van der Waals surface area contributed by atoms with Crippen LogP contribution in [0.1, 0.15) is 43.6 Å². The van der Waals surface area contributed by atoms with Crippen LogP contribution in [0.2, 0.25) is 23.2 Å². The Morgan fingerprint density at radius 1 is 1.39 bits per heavy atom. The van der Waals surface area contributed by atoms with Gasteiger partial charge < -0.3 is 14.5 Å². The Labute approximate surface area is 157 Å². The average molecular weight is 468 g/mol. The highest BCUT2D eigenvalue weighted by Crippen LogP contribution is 2.39. The maximum Gasteiger partial charge on any atom is 0.253 e. The summed E-state index contributed by atoms with van der Waals surface area (Å²) in [6, 6.07) is 1.80. The van der Waals surface area contributed by atoms with Crippen molar-refractivity contribution < 1.29 is 14.0 Å². The summed E-state index contributed by atoms with van der Waals surface area (Å²) in [5, 5.41) is 3.40. The van der Waals surface area contributed by atoms with Gasteiger partial charge >= 0.3 is 0 Å². The van der Waals surface area contributed by atoms with Crippen LogP contribution in [0.4, 0.5) is 0 Å². The van der Waals surface area contributed by atoms with Gasteiger partial charge in [-0.25, -0.2) is 0 Å². The normalized spacial score (nSPS) is 16.1. The van der Waals surface area contributed by atoms with Gasteiger partial charge in [-0.2, -0.15) is 0 Å². The first-order valence-corrected chi connectivity index (χ1v) is 11.9. The van der Waals surface area contributed by atoms with Crippen LogP contribution >= 0.6 is 34.2 Å². The van der Waals surface area contributed by atoms with E-state index in [9.17, 15) is 4.79 Å². The number of halogens is 2. The van der Waals surface area contributed by atoms with Crippen molar-refractivity contribution in [3.63, 3.8) is 0 Å². The highest BCUT2D eigenvalue weighted by atomic mass is 127. The Hall–Kier alpha value is -0.313. The van der Waals surface area contributed by atoms with E-state index in [4.69, 9.17) is 20.8 Å². The molecule has 1 aliphatic heterocycles. The molecule has 1 amide bonds. The van der Waals surface area contributed by atoms with Crippen molar-refractivity contribution in [1.82, 2.24) is 5.32 Å². The SMILES string of the molecule is CC(Oc1cc(I)c2c(c1Cl)CNC2=O)O[Si](C)(C)C(C)(C)C. The number of nitrogens with one attached hydrogen (secondary N) is 1. The largest absolute Gasteiger partial charge is 0.465 e. The third-order valence-corrected chi connectivity index (χ3v) is 10.3. The molecule has 1 aliphatic rings. The highest BCUT2D eigenvalue weighted by molar-refractivity contribution is 14.1. The fourth-order valence-electron chi connectivity index (χ4n) is 2.20. The van der Waals surface area contributed by atoms with Crippen LogP contribution in [0, 0.1) is 3.57 Å². The molecule has 1 aromatic carbocycles. The van der Waals surface area contributed by atoms with Crippen LogP contribution in [0.15, 0.2) is 6.07 Å². The molecule has 2 rings (SSSR count). The van der Waals surface area contributed by atoms with E-state index < -0.39 is 14.6 Å². The Kier molecular flexibility index (Phi) is 5.40. The molecule has 4 nitrogen and oxygen atoms in total. The average Bonchev–Trinajstić information content (AvgIpc) is 2.76. The fourth-order valence-corrected chi connectivity index (χ4v) is 4.55. The van der Waals surface area contributed by atoms with Crippen molar-refractivity contribution in [2.75, 3.05) is 0 Å². The highest BCUT2D eigenvalue weighted by Gasteiger charge is 2.39. The van der Waals surface area contributed by atoms with E-state index in [-0.39, 0.29) is 10.9 Å². The first kappa shape index (κ1) is 19.0. The van der Waals surface area contributed by atoms with Gasteiger partial charge in [-0.3, -0.25) is 4.79 Å². The van der Waals surface area contributed by atoms with Crippen LogP contribution in [0.3, 0.4) is 0 Å². The lowest BCUT2D eigenvalue weighted by Crippen LogP contribution is -2.44. The summed E-state index contributed by atoms with van der Waals surface area (Å²) in [4.78, 5) is 11.8. The second-order valence-corrected chi connectivity index (χ2v) is 13.6. The van der Waals surface area contributed by atoms with Crippen molar-refractivity contribution in [2.24, 2.45) is 0 Å². The smallest absolute Gasteiger partial charge is 0.253 e. The molecule has 0 saturated heterocycles. The molecule has 128 valence electrons. The molecule has 0 saturated carbocycles.